The summed E-state index contributed by atoms with van der Waals surface area (Å²) < 4.78 is 33.8. The van der Waals surface area contributed by atoms with Crippen LogP contribution in [0.15, 0.2) is 54.0 Å². The maximum atomic E-state index is 12.7. The molecule has 0 spiro atoms. The van der Waals surface area contributed by atoms with E-state index in [9.17, 15) is 14.3 Å². The van der Waals surface area contributed by atoms with Gasteiger partial charge in [0, 0.05) is 30.3 Å². The van der Waals surface area contributed by atoms with Gasteiger partial charge >= 0.3 is 7.60 Å². The zero-order chi connectivity index (χ0) is 23.8. The number of aromatic nitrogens is 1. The summed E-state index contributed by atoms with van der Waals surface area (Å²) in [5.41, 5.74) is 0.335. The van der Waals surface area contributed by atoms with Crippen LogP contribution < -0.4 is 20.1 Å². The van der Waals surface area contributed by atoms with Gasteiger partial charge in [-0.05, 0) is 50.2 Å². The first kappa shape index (κ1) is 24.9. The molecule has 1 aromatic heterocycles. The van der Waals surface area contributed by atoms with Crippen LogP contribution in [0.2, 0.25) is 0 Å². The van der Waals surface area contributed by atoms with Gasteiger partial charge in [-0.15, -0.1) is 11.3 Å². The molecule has 9 nitrogen and oxygen atoms in total. The van der Waals surface area contributed by atoms with Crippen LogP contribution in [0, 0.1) is 0 Å². The molecular formula is C22H25N2O7PS. The highest BCUT2D eigenvalue weighted by Gasteiger charge is 2.22. The monoisotopic (exact) mass is 492 g/mol. The second-order valence-corrected chi connectivity index (χ2v) is 9.80. The van der Waals surface area contributed by atoms with E-state index in [4.69, 9.17) is 18.7 Å². The Morgan fingerprint density at radius 1 is 1.12 bits per heavy atom. The average Bonchev–Trinajstić information content (AvgIpc) is 3.26. The summed E-state index contributed by atoms with van der Waals surface area (Å²) in [6.07, 6.45) is 1.50. The van der Waals surface area contributed by atoms with Crippen molar-refractivity contribution in [3.05, 3.63) is 59.6 Å². The van der Waals surface area contributed by atoms with Crippen LogP contribution >= 0.6 is 18.9 Å². The van der Waals surface area contributed by atoms with E-state index in [-0.39, 0.29) is 30.5 Å². The van der Waals surface area contributed by atoms with E-state index in [0.29, 0.717) is 27.9 Å². The predicted octanol–water partition coefficient (Wildman–Crippen LogP) is 4.45. The molecule has 0 saturated heterocycles. The molecule has 0 fully saturated rings. The number of amides is 1. The van der Waals surface area contributed by atoms with Crippen LogP contribution in [0.3, 0.4) is 0 Å². The Labute approximate surface area is 195 Å². The maximum absolute atomic E-state index is 12.7. The molecule has 33 heavy (non-hydrogen) atoms. The topological polar surface area (TPSA) is 116 Å². The number of carbonyl (C=O) groups is 1. The number of hydrogen-bond donors (Lipinski definition) is 2. The molecule has 2 N–H and O–H groups in total. The Balaban J connectivity index is 1.78. The molecule has 1 atom stereocenters. The first-order valence-electron chi connectivity index (χ1n) is 10.0. The molecule has 3 aromatic rings. The van der Waals surface area contributed by atoms with Crippen molar-refractivity contribution in [3.63, 3.8) is 0 Å². The Morgan fingerprint density at radius 3 is 2.48 bits per heavy atom. The normalized spacial score (nSPS) is 12.9. The Hall–Kier alpha value is -2.75. The number of ether oxygens (including phenoxy) is 3. The highest BCUT2D eigenvalue weighted by molar-refractivity contribution is 7.61. The number of nitrogens with zero attached hydrogens (tertiary/aromatic N) is 1. The maximum Gasteiger partial charge on any atom is 0.358 e. The zero-order valence-electron chi connectivity index (χ0n) is 18.4. The minimum absolute atomic E-state index is 0.00297. The van der Waals surface area contributed by atoms with Crippen LogP contribution in [-0.2, 0) is 13.8 Å². The lowest BCUT2D eigenvalue weighted by atomic mass is 10.2. The first-order valence-corrected chi connectivity index (χ1v) is 12.5. The molecule has 11 heteroatoms. The number of carbonyl (C=O) groups excluding carboxylic acids is 1. The van der Waals surface area contributed by atoms with E-state index < -0.39 is 7.60 Å². The molecule has 2 aromatic carbocycles. The van der Waals surface area contributed by atoms with Crippen molar-refractivity contribution in [1.29, 1.82) is 0 Å². The third-order valence-electron chi connectivity index (χ3n) is 4.12. The van der Waals surface area contributed by atoms with E-state index in [1.807, 2.05) is 13.8 Å². The predicted molar refractivity (Wildman–Crippen MR) is 126 cm³/mol. The second-order valence-electron chi connectivity index (χ2n) is 7.09. The summed E-state index contributed by atoms with van der Waals surface area (Å²) in [7, 11) is -2.48. The zero-order valence-corrected chi connectivity index (χ0v) is 20.1. The molecule has 1 heterocycles. The van der Waals surface area contributed by atoms with Gasteiger partial charge in [0.1, 0.15) is 17.2 Å². The molecule has 3 rings (SSSR count). The standard InChI is InChI=1S/C22H25N2O7PS/c1-15(2)30-18-12-16(21(25)24-22-23-8-11-33-22)13-19(14-18)31-17-4-6-20(7-5-17)32(26,27)29-10-9-28-3/h4-8,11-15H,9-10H2,1-3H3,(H,26,27)(H,23,24,25). The van der Waals surface area contributed by atoms with Gasteiger partial charge < -0.3 is 23.6 Å². The fourth-order valence-corrected chi connectivity index (χ4v) is 4.23. The summed E-state index contributed by atoms with van der Waals surface area (Å²) in [6.45, 7) is 3.96. The number of methoxy groups -OCH3 is 1. The van der Waals surface area contributed by atoms with Crippen molar-refractivity contribution in [2.24, 2.45) is 0 Å². The van der Waals surface area contributed by atoms with Gasteiger partial charge in [0.25, 0.3) is 5.91 Å². The number of hydrogen-bond acceptors (Lipinski definition) is 8. The Bertz CT molecular complexity index is 1100. The Morgan fingerprint density at radius 2 is 1.85 bits per heavy atom. The van der Waals surface area contributed by atoms with Crippen molar-refractivity contribution in [1.82, 2.24) is 4.98 Å². The Kier molecular flexibility index (Phi) is 8.60. The highest BCUT2D eigenvalue weighted by Crippen LogP contribution is 2.41. The lowest BCUT2D eigenvalue weighted by Crippen LogP contribution is -2.13. The van der Waals surface area contributed by atoms with Gasteiger partial charge in [0.05, 0.1) is 24.6 Å². The smallest absolute Gasteiger partial charge is 0.358 e. The van der Waals surface area contributed by atoms with Crippen molar-refractivity contribution in [2.75, 3.05) is 25.6 Å². The molecule has 0 aliphatic carbocycles. The molecule has 0 aliphatic rings. The highest BCUT2D eigenvalue weighted by atomic mass is 32.1. The van der Waals surface area contributed by atoms with Crippen LogP contribution in [0.25, 0.3) is 0 Å². The van der Waals surface area contributed by atoms with Crippen molar-refractivity contribution < 1.29 is 33.0 Å². The van der Waals surface area contributed by atoms with Crippen LogP contribution in [0.5, 0.6) is 17.2 Å². The molecular weight excluding hydrogens is 467 g/mol. The second kappa shape index (κ2) is 11.4. The number of thiazole rings is 1. The SMILES string of the molecule is COCCOP(=O)(O)c1ccc(Oc2cc(OC(C)C)cc(C(=O)Nc3nccs3)c2)cc1. The lowest BCUT2D eigenvalue weighted by Gasteiger charge is -2.15. The van der Waals surface area contributed by atoms with Crippen molar-refractivity contribution in [3.8, 4) is 17.2 Å². The quantitative estimate of drug-likeness (QED) is 0.298. The summed E-state index contributed by atoms with van der Waals surface area (Å²) in [5.74, 6) is 0.890. The summed E-state index contributed by atoms with van der Waals surface area (Å²) >= 11 is 1.31. The minimum Gasteiger partial charge on any atom is -0.491 e. The van der Waals surface area contributed by atoms with Crippen molar-refractivity contribution >= 4 is 35.3 Å². The largest absolute Gasteiger partial charge is 0.491 e. The third kappa shape index (κ3) is 7.38. The number of benzene rings is 2. The molecule has 1 amide bonds. The molecule has 176 valence electrons. The van der Waals surface area contributed by atoms with E-state index in [0.717, 1.165) is 0 Å². The third-order valence-corrected chi connectivity index (χ3v) is 6.29. The van der Waals surface area contributed by atoms with Gasteiger partial charge in [0.15, 0.2) is 5.13 Å². The molecule has 0 bridgehead atoms. The number of rotatable bonds is 11. The van der Waals surface area contributed by atoms with E-state index in [1.165, 1.54) is 30.6 Å². The molecule has 0 aliphatic heterocycles. The summed E-state index contributed by atoms with van der Waals surface area (Å²) in [5, 5.41) is 5.11. The van der Waals surface area contributed by atoms with E-state index in [2.05, 4.69) is 10.3 Å². The van der Waals surface area contributed by atoms with Crippen molar-refractivity contribution in [2.45, 2.75) is 20.0 Å². The van der Waals surface area contributed by atoms with Gasteiger partial charge in [-0.3, -0.25) is 14.7 Å². The summed E-state index contributed by atoms with van der Waals surface area (Å²) in [4.78, 5) is 26.8. The fourth-order valence-electron chi connectivity index (χ4n) is 2.71. The van der Waals surface area contributed by atoms with Crippen LogP contribution in [0.4, 0.5) is 5.13 Å². The molecule has 0 saturated carbocycles. The fraction of sp³-hybridized carbons (Fsp3) is 0.273. The first-order chi connectivity index (χ1) is 15.8. The number of nitrogens with one attached hydrogen (secondary N) is 1. The molecule has 0 radical (unpaired) electrons. The molecule has 1 unspecified atom stereocenters. The lowest BCUT2D eigenvalue weighted by molar-refractivity contribution is 0.102. The van der Waals surface area contributed by atoms with Gasteiger partial charge in [0.2, 0.25) is 0 Å². The average molecular weight is 492 g/mol. The van der Waals surface area contributed by atoms with Crippen LogP contribution in [-0.4, -0.2) is 42.2 Å². The van der Waals surface area contributed by atoms with E-state index >= 15 is 0 Å². The van der Waals surface area contributed by atoms with Gasteiger partial charge in [-0.2, -0.15) is 0 Å². The minimum atomic E-state index is -3.96. The van der Waals surface area contributed by atoms with Gasteiger partial charge in [-0.1, -0.05) is 0 Å². The van der Waals surface area contributed by atoms with E-state index in [1.54, 1.807) is 41.9 Å². The number of anilines is 1. The summed E-state index contributed by atoms with van der Waals surface area (Å²) in [6, 6.07) is 10.9. The van der Waals surface area contributed by atoms with Gasteiger partial charge in [-0.25, -0.2) is 4.98 Å². The van der Waals surface area contributed by atoms with Crippen LogP contribution in [0.1, 0.15) is 24.2 Å².